The van der Waals surface area contributed by atoms with Crippen LogP contribution in [0.3, 0.4) is 0 Å². The van der Waals surface area contributed by atoms with Crippen molar-refractivity contribution < 1.29 is 9.18 Å². The van der Waals surface area contributed by atoms with E-state index in [0.717, 1.165) is 21.6 Å². The molecule has 0 saturated carbocycles. The molecule has 2 aromatic carbocycles. The van der Waals surface area contributed by atoms with Crippen molar-refractivity contribution in [3.8, 4) is 0 Å². The first-order valence-electron chi connectivity index (χ1n) is 6.38. The van der Waals surface area contributed by atoms with Gasteiger partial charge in [0.25, 0.3) is 0 Å². The molecule has 3 rings (SSSR count). The minimum absolute atomic E-state index is 0.0697. The lowest BCUT2D eigenvalue weighted by Gasteiger charge is -2.17. The topological polar surface area (TPSA) is 17.1 Å². The van der Waals surface area contributed by atoms with Crippen LogP contribution in [0.15, 0.2) is 52.9 Å². The smallest absolute Gasteiger partial charge is 0.191 e. The van der Waals surface area contributed by atoms with Gasteiger partial charge in [0.05, 0.1) is 0 Å². The van der Waals surface area contributed by atoms with Crippen molar-refractivity contribution >= 4 is 23.6 Å². The molecule has 2 aromatic rings. The molecule has 0 bridgehead atoms. The molecule has 1 aliphatic rings. The predicted octanol–water partition coefficient (Wildman–Crippen LogP) is 4.51. The monoisotopic (exact) mass is 284 g/mol. The summed E-state index contributed by atoms with van der Waals surface area (Å²) in [5, 5.41) is 0. The van der Waals surface area contributed by atoms with Gasteiger partial charge in [0.15, 0.2) is 5.78 Å². The maximum atomic E-state index is 13.3. The molecule has 0 atom stereocenters. The zero-order chi connectivity index (χ0) is 14.1. The first kappa shape index (κ1) is 13.1. The Bertz CT molecular complexity index is 719. The number of benzene rings is 2. The third kappa shape index (κ3) is 2.54. The Morgan fingerprint density at radius 3 is 2.85 bits per heavy atom. The Balaban J connectivity index is 2.00. The Morgan fingerprint density at radius 2 is 2.05 bits per heavy atom. The number of carbonyl (C=O) groups is 1. The molecule has 1 aliphatic heterocycles. The van der Waals surface area contributed by atoms with Gasteiger partial charge >= 0.3 is 0 Å². The van der Waals surface area contributed by atoms with E-state index >= 15 is 0 Å². The van der Waals surface area contributed by atoms with Gasteiger partial charge in [0.2, 0.25) is 0 Å². The number of rotatable bonds is 1. The van der Waals surface area contributed by atoms with Gasteiger partial charge in [-0.1, -0.05) is 29.8 Å². The molecule has 0 radical (unpaired) electrons. The number of fused-ring (bicyclic) bond motifs is 1. The van der Waals surface area contributed by atoms with Gasteiger partial charge in [0, 0.05) is 21.8 Å². The van der Waals surface area contributed by atoms with Gasteiger partial charge in [-0.25, -0.2) is 4.39 Å². The molecule has 0 aliphatic carbocycles. The summed E-state index contributed by atoms with van der Waals surface area (Å²) in [6.07, 6.45) is 1.90. The molecule has 0 aromatic heterocycles. The highest BCUT2D eigenvalue weighted by Crippen LogP contribution is 2.33. The van der Waals surface area contributed by atoms with Gasteiger partial charge in [0.1, 0.15) is 5.82 Å². The second kappa shape index (κ2) is 5.25. The Labute approximate surface area is 121 Å². The Hall–Kier alpha value is -1.87. The fourth-order valence-electron chi connectivity index (χ4n) is 2.27. The standard InChI is InChI=1S/C17H13FOS/c1-11-3-2-4-12(7-11)8-13-10-20-16-6-5-14(18)9-15(16)17(13)19/h2-9H,10H2,1H3. The van der Waals surface area contributed by atoms with Crippen molar-refractivity contribution in [3.63, 3.8) is 0 Å². The number of halogens is 1. The van der Waals surface area contributed by atoms with Crippen molar-refractivity contribution in [1.82, 2.24) is 0 Å². The second-order valence-corrected chi connectivity index (χ2v) is 5.86. The number of ketones is 1. The lowest BCUT2D eigenvalue weighted by molar-refractivity contribution is 0.103. The van der Waals surface area contributed by atoms with Crippen LogP contribution in [-0.2, 0) is 0 Å². The van der Waals surface area contributed by atoms with Crippen LogP contribution in [-0.4, -0.2) is 11.5 Å². The molecule has 0 spiro atoms. The third-order valence-corrected chi connectivity index (χ3v) is 4.37. The fourth-order valence-corrected chi connectivity index (χ4v) is 3.26. The molecule has 100 valence electrons. The van der Waals surface area contributed by atoms with Crippen LogP contribution in [0.5, 0.6) is 0 Å². The van der Waals surface area contributed by atoms with E-state index in [0.29, 0.717) is 11.3 Å². The van der Waals surface area contributed by atoms with Crippen LogP contribution in [0, 0.1) is 12.7 Å². The lowest BCUT2D eigenvalue weighted by atomic mass is 10.0. The molecule has 1 nitrogen and oxygen atoms in total. The van der Waals surface area contributed by atoms with Crippen LogP contribution < -0.4 is 0 Å². The van der Waals surface area contributed by atoms with Gasteiger partial charge in [-0.3, -0.25) is 4.79 Å². The molecular weight excluding hydrogens is 271 g/mol. The molecule has 0 unspecified atom stereocenters. The number of carbonyl (C=O) groups excluding carboxylic acids is 1. The molecule has 0 fully saturated rings. The molecule has 1 heterocycles. The molecule has 3 heteroatoms. The van der Waals surface area contributed by atoms with Crippen LogP contribution >= 0.6 is 11.8 Å². The van der Waals surface area contributed by atoms with Crippen molar-refractivity contribution in [3.05, 3.63) is 70.5 Å². The minimum Gasteiger partial charge on any atom is -0.289 e. The second-order valence-electron chi connectivity index (χ2n) is 4.84. The largest absolute Gasteiger partial charge is 0.289 e. The van der Waals surface area contributed by atoms with Gasteiger partial charge in [-0.05, 0) is 36.8 Å². The molecular formula is C17H13FOS. The summed E-state index contributed by atoms with van der Waals surface area (Å²) in [5.74, 6) is 0.194. The van der Waals surface area contributed by atoms with E-state index in [4.69, 9.17) is 0 Å². The predicted molar refractivity (Wildman–Crippen MR) is 80.6 cm³/mol. The first-order valence-corrected chi connectivity index (χ1v) is 7.36. The Morgan fingerprint density at radius 1 is 1.20 bits per heavy atom. The first-order chi connectivity index (χ1) is 9.63. The number of aryl methyl sites for hydroxylation is 1. The van der Waals surface area contributed by atoms with E-state index < -0.39 is 0 Å². The van der Waals surface area contributed by atoms with Crippen molar-refractivity contribution in [2.45, 2.75) is 11.8 Å². The number of Topliss-reactive ketones (excluding diaryl/α,β-unsaturated/α-hetero) is 1. The van der Waals surface area contributed by atoms with Crippen LogP contribution in [0.1, 0.15) is 21.5 Å². The number of hydrogen-bond donors (Lipinski definition) is 0. The summed E-state index contributed by atoms with van der Waals surface area (Å²) in [6.45, 7) is 2.02. The lowest BCUT2D eigenvalue weighted by Crippen LogP contribution is -2.12. The van der Waals surface area contributed by atoms with E-state index in [1.54, 1.807) is 17.8 Å². The zero-order valence-electron chi connectivity index (χ0n) is 11.0. The van der Waals surface area contributed by atoms with Crippen LogP contribution in [0.2, 0.25) is 0 Å². The highest BCUT2D eigenvalue weighted by molar-refractivity contribution is 7.99. The minimum atomic E-state index is -0.366. The van der Waals surface area contributed by atoms with E-state index in [9.17, 15) is 9.18 Å². The highest BCUT2D eigenvalue weighted by atomic mass is 32.2. The van der Waals surface area contributed by atoms with E-state index in [2.05, 4.69) is 0 Å². The summed E-state index contributed by atoms with van der Waals surface area (Å²) in [6, 6.07) is 12.4. The fraction of sp³-hybridized carbons (Fsp3) is 0.118. The summed E-state index contributed by atoms with van der Waals surface area (Å²) in [7, 11) is 0. The maximum absolute atomic E-state index is 13.3. The highest BCUT2D eigenvalue weighted by Gasteiger charge is 2.22. The van der Waals surface area contributed by atoms with Crippen molar-refractivity contribution in [1.29, 1.82) is 0 Å². The third-order valence-electron chi connectivity index (χ3n) is 3.24. The zero-order valence-corrected chi connectivity index (χ0v) is 11.8. The van der Waals surface area contributed by atoms with E-state index in [1.807, 2.05) is 37.3 Å². The van der Waals surface area contributed by atoms with Gasteiger partial charge in [-0.15, -0.1) is 11.8 Å². The summed E-state index contributed by atoms with van der Waals surface area (Å²) < 4.78 is 13.3. The van der Waals surface area contributed by atoms with Gasteiger partial charge in [-0.2, -0.15) is 0 Å². The number of hydrogen-bond acceptors (Lipinski definition) is 2. The average molecular weight is 284 g/mol. The van der Waals surface area contributed by atoms with Crippen molar-refractivity contribution in [2.75, 3.05) is 5.75 Å². The van der Waals surface area contributed by atoms with Gasteiger partial charge < -0.3 is 0 Å². The summed E-state index contributed by atoms with van der Waals surface area (Å²) in [4.78, 5) is 13.3. The summed E-state index contributed by atoms with van der Waals surface area (Å²) in [5.41, 5.74) is 3.36. The molecule has 0 amide bonds. The SMILES string of the molecule is Cc1cccc(C=C2CSc3ccc(F)cc3C2=O)c1. The molecule has 0 N–H and O–H groups in total. The quantitative estimate of drug-likeness (QED) is 0.717. The average Bonchev–Trinajstić information content (AvgIpc) is 2.43. The van der Waals surface area contributed by atoms with E-state index in [1.165, 1.54) is 12.1 Å². The van der Waals surface area contributed by atoms with Crippen molar-refractivity contribution in [2.24, 2.45) is 0 Å². The summed E-state index contributed by atoms with van der Waals surface area (Å²) >= 11 is 1.58. The van der Waals surface area contributed by atoms with Crippen LogP contribution in [0.4, 0.5) is 4.39 Å². The Kier molecular flexibility index (Phi) is 3.45. The normalized spacial score (nSPS) is 16.3. The molecule has 20 heavy (non-hydrogen) atoms. The maximum Gasteiger partial charge on any atom is 0.191 e. The molecule has 0 saturated heterocycles. The van der Waals surface area contributed by atoms with E-state index in [-0.39, 0.29) is 11.6 Å². The van der Waals surface area contributed by atoms with Crippen LogP contribution in [0.25, 0.3) is 6.08 Å². The number of thioether (sulfide) groups is 1.